The first kappa shape index (κ1) is 14.1. The highest BCUT2D eigenvalue weighted by atomic mass is 16.1. The van der Waals surface area contributed by atoms with Gasteiger partial charge in [-0.15, -0.1) is 0 Å². The number of hydrogen-bond donors (Lipinski definition) is 1. The Hall–Kier alpha value is -1.36. The Morgan fingerprint density at radius 1 is 1.58 bits per heavy atom. The van der Waals surface area contributed by atoms with Gasteiger partial charge in [0, 0.05) is 31.4 Å². The number of carbonyl (C=O) groups is 1. The van der Waals surface area contributed by atoms with E-state index in [0.717, 1.165) is 44.7 Å². The summed E-state index contributed by atoms with van der Waals surface area (Å²) in [7, 11) is 0. The third-order valence-electron chi connectivity index (χ3n) is 4.14. The van der Waals surface area contributed by atoms with Gasteiger partial charge in [0.1, 0.15) is 0 Å². The average Bonchev–Trinajstić information content (AvgIpc) is 2.70. The van der Waals surface area contributed by atoms with E-state index in [1.165, 1.54) is 5.56 Å². The maximum atomic E-state index is 11.6. The van der Waals surface area contributed by atoms with Crippen LogP contribution in [0, 0.1) is 12.3 Å². The maximum absolute atomic E-state index is 11.6. The largest absolute Gasteiger partial charge is 0.369 e. The zero-order chi connectivity index (χ0) is 14.0. The summed E-state index contributed by atoms with van der Waals surface area (Å²) < 4.78 is 1.96. The second kappa shape index (κ2) is 5.33. The fourth-order valence-corrected chi connectivity index (χ4v) is 2.80. The Morgan fingerprint density at radius 3 is 2.89 bits per heavy atom. The summed E-state index contributed by atoms with van der Waals surface area (Å²) in [5.41, 5.74) is 7.47. The van der Waals surface area contributed by atoms with Crippen LogP contribution in [0.4, 0.5) is 0 Å². The van der Waals surface area contributed by atoms with Gasteiger partial charge in [0.15, 0.2) is 0 Å². The van der Waals surface area contributed by atoms with E-state index in [4.69, 9.17) is 5.73 Å². The molecule has 0 bridgehead atoms. The first-order valence-electron chi connectivity index (χ1n) is 7.00. The van der Waals surface area contributed by atoms with Crippen molar-refractivity contribution in [3.05, 3.63) is 17.5 Å². The molecule has 2 N–H and O–H groups in total. The highest BCUT2D eigenvalue weighted by Gasteiger charge is 2.36. The molecule has 1 amide bonds. The van der Waals surface area contributed by atoms with E-state index >= 15 is 0 Å². The molecule has 2 heterocycles. The van der Waals surface area contributed by atoms with E-state index in [2.05, 4.69) is 23.1 Å². The van der Waals surface area contributed by atoms with Gasteiger partial charge in [0.25, 0.3) is 0 Å². The molecule has 0 aromatic carbocycles. The van der Waals surface area contributed by atoms with Crippen LogP contribution in [0.2, 0.25) is 0 Å². The van der Waals surface area contributed by atoms with Gasteiger partial charge in [0.05, 0.1) is 11.1 Å². The summed E-state index contributed by atoms with van der Waals surface area (Å²) in [6.45, 7) is 9.62. The third-order valence-corrected chi connectivity index (χ3v) is 4.14. The minimum atomic E-state index is -0.382. The van der Waals surface area contributed by atoms with Gasteiger partial charge in [-0.25, -0.2) is 0 Å². The van der Waals surface area contributed by atoms with Gasteiger partial charge in [-0.2, -0.15) is 5.10 Å². The standard InChI is InChI=1S/C14H24N4O/c1-4-18-9-12(11(2)16-18)8-17-7-5-6-14(3,10-17)13(15)19/h9H,4-8,10H2,1-3H3,(H2,15,19). The summed E-state index contributed by atoms with van der Waals surface area (Å²) >= 11 is 0. The van der Waals surface area contributed by atoms with Crippen molar-refractivity contribution in [3.8, 4) is 0 Å². The smallest absolute Gasteiger partial charge is 0.224 e. The average molecular weight is 264 g/mol. The Balaban J connectivity index is 2.06. The number of aromatic nitrogens is 2. The number of nitrogens with two attached hydrogens (primary N) is 1. The summed E-state index contributed by atoms with van der Waals surface area (Å²) in [5, 5.41) is 4.46. The van der Waals surface area contributed by atoms with Crippen LogP contribution in [0.1, 0.15) is 37.9 Å². The molecule has 1 saturated heterocycles. The van der Waals surface area contributed by atoms with Gasteiger partial charge in [0.2, 0.25) is 5.91 Å². The Morgan fingerprint density at radius 2 is 2.32 bits per heavy atom. The summed E-state index contributed by atoms with van der Waals surface area (Å²) in [6.07, 6.45) is 4.03. The maximum Gasteiger partial charge on any atom is 0.224 e. The van der Waals surface area contributed by atoms with E-state index < -0.39 is 0 Å². The molecule has 1 atom stereocenters. The summed E-state index contributed by atoms with van der Waals surface area (Å²) in [6, 6.07) is 0. The number of primary amides is 1. The fraction of sp³-hybridized carbons (Fsp3) is 0.714. The van der Waals surface area contributed by atoms with Crippen molar-refractivity contribution < 1.29 is 4.79 Å². The van der Waals surface area contributed by atoms with Crippen molar-refractivity contribution in [1.29, 1.82) is 0 Å². The number of nitrogens with zero attached hydrogens (tertiary/aromatic N) is 3. The van der Waals surface area contributed by atoms with Crippen LogP contribution in [0.15, 0.2) is 6.20 Å². The molecule has 0 radical (unpaired) electrons. The lowest BCUT2D eigenvalue weighted by molar-refractivity contribution is -0.129. The number of hydrogen-bond acceptors (Lipinski definition) is 3. The molecular formula is C14H24N4O. The van der Waals surface area contributed by atoms with E-state index in [9.17, 15) is 4.79 Å². The normalized spacial score (nSPS) is 24.6. The van der Waals surface area contributed by atoms with E-state index in [0.29, 0.717) is 0 Å². The van der Waals surface area contributed by atoms with Crippen LogP contribution in [0.3, 0.4) is 0 Å². The number of aryl methyl sites for hydroxylation is 2. The molecule has 5 nitrogen and oxygen atoms in total. The number of piperidine rings is 1. The highest BCUT2D eigenvalue weighted by molar-refractivity contribution is 5.80. The van der Waals surface area contributed by atoms with E-state index in [1.807, 2.05) is 18.5 Å². The minimum absolute atomic E-state index is 0.182. The van der Waals surface area contributed by atoms with Crippen LogP contribution in [0.25, 0.3) is 0 Å². The van der Waals surface area contributed by atoms with Crippen LogP contribution in [-0.4, -0.2) is 33.7 Å². The SMILES string of the molecule is CCn1cc(CN2CCCC(C)(C(N)=O)C2)c(C)n1. The third kappa shape index (κ3) is 2.97. The highest BCUT2D eigenvalue weighted by Crippen LogP contribution is 2.30. The van der Waals surface area contributed by atoms with Gasteiger partial charge in [-0.05, 0) is 40.2 Å². The van der Waals surface area contributed by atoms with Gasteiger partial charge in [-0.1, -0.05) is 0 Å². The molecule has 1 aromatic heterocycles. The lowest BCUT2D eigenvalue weighted by Crippen LogP contribution is -2.48. The van der Waals surface area contributed by atoms with Crippen LogP contribution >= 0.6 is 0 Å². The van der Waals surface area contributed by atoms with E-state index in [1.54, 1.807) is 0 Å². The molecule has 0 saturated carbocycles. The summed E-state index contributed by atoms with van der Waals surface area (Å²) in [5.74, 6) is -0.182. The molecule has 2 rings (SSSR count). The lowest BCUT2D eigenvalue weighted by Gasteiger charge is -2.38. The molecule has 1 unspecified atom stereocenters. The lowest BCUT2D eigenvalue weighted by atomic mass is 9.81. The second-order valence-corrected chi connectivity index (χ2v) is 5.83. The first-order valence-corrected chi connectivity index (χ1v) is 7.00. The Labute approximate surface area is 114 Å². The molecule has 106 valence electrons. The number of rotatable bonds is 4. The first-order chi connectivity index (χ1) is 8.94. The van der Waals surface area contributed by atoms with Crippen molar-refractivity contribution in [2.24, 2.45) is 11.1 Å². The Kier molecular flexibility index (Phi) is 3.94. The second-order valence-electron chi connectivity index (χ2n) is 5.83. The number of amides is 1. The Bertz CT molecular complexity index is 468. The van der Waals surface area contributed by atoms with Crippen molar-refractivity contribution >= 4 is 5.91 Å². The molecule has 1 aromatic rings. The number of carbonyl (C=O) groups excluding carboxylic acids is 1. The van der Waals surface area contributed by atoms with Crippen molar-refractivity contribution in [2.75, 3.05) is 13.1 Å². The molecule has 5 heteroatoms. The molecular weight excluding hydrogens is 240 g/mol. The predicted molar refractivity (Wildman–Crippen MR) is 74.5 cm³/mol. The van der Waals surface area contributed by atoms with Gasteiger partial charge < -0.3 is 5.73 Å². The van der Waals surface area contributed by atoms with Gasteiger partial charge >= 0.3 is 0 Å². The molecule has 1 aliphatic heterocycles. The van der Waals surface area contributed by atoms with Crippen molar-refractivity contribution in [1.82, 2.24) is 14.7 Å². The van der Waals surface area contributed by atoms with Crippen molar-refractivity contribution in [2.45, 2.75) is 46.7 Å². The molecule has 0 spiro atoms. The monoisotopic (exact) mass is 264 g/mol. The molecule has 1 fully saturated rings. The number of likely N-dealkylation sites (tertiary alicyclic amines) is 1. The summed E-state index contributed by atoms with van der Waals surface area (Å²) in [4.78, 5) is 13.9. The van der Waals surface area contributed by atoms with Crippen LogP contribution in [0.5, 0.6) is 0 Å². The minimum Gasteiger partial charge on any atom is -0.369 e. The zero-order valence-electron chi connectivity index (χ0n) is 12.1. The molecule has 19 heavy (non-hydrogen) atoms. The molecule has 0 aliphatic carbocycles. The van der Waals surface area contributed by atoms with Crippen molar-refractivity contribution in [3.63, 3.8) is 0 Å². The van der Waals surface area contributed by atoms with Crippen LogP contribution < -0.4 is 5.73 Å². The fourth-order valence-electron chi connectivity index (χ4n) is 2.80. The topological polar surface area (TPSA) is 64.2 Å². The predicted octanol–water partition coefficient (Wildman–Crippen LogP) is 1.30. The van der Waals surface area contributed by atoms with E-state index in [-0.39, 0.29) is 11.3 Å². The van der Waals surface area contributed by atoms with Gasteiger partial charge in [-0.3, -0.25) is 14.4 Å². The molecule has 1 aliphatic rings. The van der Waals surface area contributed by atoms with Crippen LogP contribution in [-0.2, 0) is 17.9 Å². The zero-order valence-corrected chi connectivity index (χ0v) is 12.1. The quantitative estimate of drug-likeness (QED) is 0.891.